The second-order valence-electron chi connectivity index (χ2n) is 4.56. The number of hydrogen-bond acceptors (Lipinski definition) is 4. The van der Waals surface area contributed by atoms with E-state index < -0.39 is 4.92 Å². The van der Waals surface area contributed by atoms with E-state index in [4.69, 9.17) is 5.73 Å². The summed E-state index contributed by atoms with van der Waals surface area (Å²) in [6, 6.07) is 12.4. The number of para-hydroxylation sites is 1. The van der Waals surface area contributed by atoms with Crippen molar-refractivity contribution in [2.45, 2.75) is 19.8 Å². The van der Waals surface area contributed by atoms with Gasteiger partial charge in [0.25, 0.3) is 5.69 Å². The monoisotopic (exact) mass is 271 g/mol. The predicted octanol–water partition coefficient (Wildman–Crippen LogP) is 3.87. The van der Waals surface area contributed by atoms with Gasteiger partial charge in [0.15, 0.2) is 0 Å². The summed E-state index contributed by atoms with van der Waals surface area (Å²) in [7, 11) is 0. The molecule has 0 aliphatic rings. The average molecular weight is 271 g/mol. The molecule has 0 heterocycles. The normalized spacial score (nSPS) is 10.2. The Morgan fingerprint density at radius 2 is 1.95 bits per heavy atom. The van der Waals surface area contributed by atoms with E-state index in [0.717, 1.165) is 18.5 Å². The minimum atomic E-state index is -0.453. The number of nitrogens with two attached hydrogens (primary N) is 1. The molecule has 0 spiro atoms. The van der Waals surface area contributed by atoms with Crippen LogP contribution in [0.4, 0.5) is 22.7 Å². The van der Waals surface area contributed by atoms with Gasteiger partial charge in [-0.15, -0.1) is 0 Å². The van der Waals surface area contributed by atoms with Crippen LogP contribution in [0.25, 0.3) is 0 Å². The van der Waals surface area contributed by atoms with Crippen molar-refractivity contribution < 1.29 is 4.92 Å². The van der Waals surface area contributed by atoms with Crippen LogP contribution in [-0.2, 0) is 6.42 Å². The summed E-state index contributed by atoms with van der Waals surface area (Å²) in [5, 5.41) is 13.9. The quantitative estimate of drug-likeness (QED) is 0.491. The molecule has 0 radical (unpaired) electrons. The fraction of sp³-hybridized carbons (Fsp3) is 0.200. The Kier molecular flexibility index (Phi) is 4.20. The summed E-state index contributed by atoms with van der Waals surface area (Å²) in [6.07, 6.45) is 2.02. The zero-order chi connectivity index (χ0) is 14.5. The van der Waals surface area contributed by atoms with Crippen LogP contribution in [-0.4, -0.2) is 4.92 Å². The first-order valence-corrected chi connectivity index (χ1v) is 6.50. The lowest BCUT2D eigenvalue weighted by molar-refractivity contribution is -0.384. The average Bonchev–Trinajstić information content (AvgIpc) is 2.43. The molecule has 104 valence electrons. The maximum absolute atomic E-state index is 10.7. The minimum Gasteiger partial charge on any atom is -0.397 e. The van der Waals surface area contributed by atoms with E-state index in [0.29, 0.717) is 11.4 Å². The largest absolute Gasteiger partial charge is 0.397 e. The molecule has 5 heteroatoms. The molecule has 0 fully saturated rings. The lowest BCUT2D eigenvalue weighted by Crippen LogP contribution is -2.00. The lowest BCUT2D eigenvalue weighted by atomic mass is 10.1. The summed E-state index contributed by atoms with van der Waals surface area (Å²) in [4.78, 5) is 10.2. The maximum atomic E-state index is 10.7. The minimum absolute atomic E-state index is 0.00473. The molecule has 3 N–H and O–H groups in total. The van der Waals surface area contributed by atoms with Crippen molar-refractivity contribution in [3.63, 3.8) is 0 Å². The van der Waals surface area contributed by atoms with Gasteiger partial charge in [-0.2, -0.15) is 0 Å². The number of nitrogens with zero attached hydrogens (tertiary/aromatic N) is 1. The van der Waals surface area contributed by atoms with Crippen LogP contribution in [0.15, 0.2) is 42.5 Å². The van der Waals surface area contributed by atoms with Crippen LogP contribution >= 0.6 is 0 Å². The number of nitro benzene ring substituents is 1. The van der Waals surface area contributed by atoms with Gasteiger partial charge >= 0.3 is 0 Å². The molecule has 2 aromatic carbocycles. The Morgan fingerprint density at radius 1 is 1.20 bits per heavy atom. The Bertz CT molecular complexity index is 626. The van der Waals surface area contributed by atoms with Crippen molar-refractivity contribution in [1.29, 1.82) is 0 Å². The van der Waals surface area contributed by atoms with E-state index in [1.54, 1.807) is 6.07 Å². The number of nitrogen functional groups attached to an aromatic ring is 1. The first-order chi connectivity index (χ1) is 9.61. The van der Waals surface area contributed by atoms with Gasteiger partial charge in [0.05, 0.1) is 16.3 Å². The third kappa shape index (κ3) is 3.06. The Morgan fingerprint density at radius 3 is 2.60 bits per heavy atom. The Labute approximate surface area is 117 Å². The summed E-state index contributed by atoms with van der Waals surface area (Å²) in [6.45, 7) is 2.12. The number of anilines is 3. The zero-order valence-corrected chi connectivity index (χ0v) is 11.3. The number of rotatable bonds is 5. The third-order valence-corrected chi connectivity index (χ3v) is 3.05. The van der Waals surface area contributed by atoms with E-state index in [1.165, 1.54) is 17.7 Å². The molecule has 0 unspecified atom stereocenters. The van der Waals surface area contributed by atoms with Crippen LogP contribution in [0.3, 0.4) is 0 Å². The zero-order valence-electron chi connectivity index (χ0n) is 11.3. The van der Waals surface area contributed by atoms with E-state index in [-0.39, 0.29) is 5.69 Å². The molecule has 2 rings (SSSR count). The highest BCUT2D eigenvalue weighted by molar-refractivity contribution is 5.75. The second-order valence-corrected chi connectivity index (χ2v) is 4.56. The summed E-state index contributed by atoms with van der Waals surface area (Å²) >= 11 is 0. The number of nitro groups is 1. The number of hydrogen-bond donors (Lipinski definition) is 2. The topological polar surface area (TPSA) is 81.2 Å². The molecule has 0 atom stereocenters. The molecule has 20 heavy (non-hydrogen) atoms. The Hall–Kier alpha value is -2.56. The molecular formula is C15H17N3O2. The molecule has 2 aromatic rings. The van der Waals surface area contributed by atoms with Crippen LogP contribution < -0.4 is 11.1 Å². The van der Waals surface area contributed by atoms with Crippen molar-refractivity contribution in [2.75, 3.05) is 11.1 Å². The van der Waals surface area contributed by atoms with Crippen LogP contribution in [0.1, 0.15) is 18.9 Å². The number of benzene rings is 2. The van der Waals surface area contributed by atoms with Crippen LogP contribution in [0.2, 0.25) is 0 Å². The highest BCUT2D eigenvalue weighted by atomic mass is 16.6. The number of nitrogens with one attached hydrogen (secondary N) is 1. The standard InChI is InChI=1S/C15H17N3O2/c1-2-5-11-6-3-4-7-14(11)17-15-9-8-12(18(19)20)10-13(15)16/h3-4,6-10,17H,2,5,16H2,1H3. The van der Waals surface area contributed by atoms with Gasteiger partial charge < -0.3 is 11.1 Å². The molecule has 0 aliphatic heterocycles. The van der Waals surface area contributed by atoms with Gasteiger partial charge in [-0.25, -0.2) is 0 Å². The molecule has 0 saturated heterocycles. The molecule has 0 aliphatic carbocycles. The van der Waals surface area contributed by atoms with E-state index in [9.17, 15) is 10.1 Å². The van der Waals surface area contributed by atoms with Crippen LogP contribution in [0, 0.1) is 10.1 Å². The summed E-state index contributed by atoms with van der Waals surface area (Å²) < 4.78 is 0. The highest BCUT2D eigenvalue weighted by Gasteiger charge is 2.09. The predicted molar refractivity (Wildman–Crippen MR) is 81.2 cm³/mol. The second kappa shape index (κ2) is 6.06. The van der Waals surface area contributed by atoms with Gasteiger partial charge in [0.1, 0.15) is 0 Å². The first-order valence-electron chi connectivity index (χ1n) is 6.50. The molecule has 5 nitrogen and oxygen atoms in total. The summed E-state index contributed by atoms with van der Waals surface area (Å²) in [5.41, 5.74) is 9.09. The van der Waals surface area contributed by atoms with Gasteiger partial charge in [-0.05, 0) is 24.1 Å². The van der Waals surface area contributed by atoms with Crippen molar-refractivity contribution in [1.82, 2.24) is 0 Å². The smallest absolute Gasteiger partial charge is 0.271 e. The lowest BCUT2D eigenvalue weighted by Gasteiger charge is -2.13. The van der Waals surface area contributed by atoms with Gasteiger partial charge in [0, 0.05) is 17.8 Å². The van der Waals surface area contributed by atoms with E-state index >= 15 is 0 Å². The summed E-state index contributed by atoms with van der Waals surface area (Å²) in [5.74, 6) is 0. The molecule has 0 amide bonds. The Balaban J connectivity index is 2.28. The maximum Gasteiger partial charge on any atom is 0.271 e. The molecular weight excluding hydrogens is 254 g/mol. The SMILES string of the molecule is CCCc1ccccc1Nc1ccc([N+](=O)[O-])cc1N. The first kappa shape index (κ1) is 13.9. The number of non-ortho nitro benzene ring substituents is 1. The third-order valence-electron chi connectivity index (χ3n) is 3.05. The highest BCUT2D eigenvalue weighted by Crippen LogP contribution is 2.29. The molecule has 0 saturated carbocycles. The molecule has 0 aromatic heterocycles. The molecule has 0 bridgehead atoms. The van der Waals surface area contributed by atoms with Gasteiger partial charge in [-0.1, -0.05) is 31.5 Å². The van der Waals surface area contributed by atoms with Gasteiger partial charge in [-0.3, -0.25) is 10.1 Å². The fourth-order valence-electron chi connectivity index (χ4n) is 2.05. The van der Waals surface area contributed by atoms with E-state index in [1.807, 2.05) is 18.2 Å². The number of aryl methyl sites for hydroxylation is 1. The van der Waals surface area contributed by atoms with Gasteiger partial charge in [0.2, 0.25) is 0 Å². The van der Waals surface area contributed by atoms with Crippen molar-refractivity contribution in [3.05, 3.63) is 58.1 Å². The van der Waals surface area contributed by atoms with Crippen molar-refractivity contribution in [2.24, 2.45) is 0 Å². The van der Waals surface area contributed by atoms with Crippen LogP contribution in [0.5, 0.6) is 0 Å². The van der Waals surface area contributed by atoms with Crippen molar-refractivity contribution in [3.8, 4) is 0 Å². The fourth-order valence-corrected chi connectivity index (χ4v) is 2.05. The van der Waals surface area contributed by atoms with Crippen molar-refractivity contribution >= 4 is 22.7 Å². The van der Waals surface area contributed by atoms with E-state index in [2.05, 4.69) is 18.3 Å².